The standard InChI is InChI=1S/C13H19NO3S/c1-10-2-8-13(9-3-10)18(16,17)14-11-4-6-12(15)7-5-11/h2-3,8-9,11-12,14-15H,4-7H2,1H3. The van der Waals surface area contributed by atoms with Crippen molar-refractivity contribution in [2.24, 2.45) is 0 Å². The second-order valence-corrected chi connectivity index (χ2v) is 6.65. The Balaban J connectivity index is 2.05. The third-order valence-electron chi connectivity index (χ3n) is 3.35. The van der Waals surface area contributed by atoms with E-state index in [4.69, 9.17) is 0 Å². The van der Waals surface area contributed by atoms with Gasteiger partial charge in [0.25, 0.3) is 0 Å². The molecule has 0 unspecified atom stereocenters. The predicted octanol–water partition coefficient (Wildman–Crippen LogP) is 1.58. The maximum atomic E-state index is 12.1. The van der Waals surface area contributed by atoms with Crippen molar-refractivity contribution < 1.29 is 13.5 Å². The third kappa shape index (κ3) is 3.31. The number of aryl methyl sites for hydroxylation is 1. The van der Waals surface area contributed by atoms with E-state index in [2.05, 4.69) is 4.72 Å². The van der Waals surface area contributed by atoms with E-state index in [0.717, 1.165) is 5.56 Å². The molecule has 0 amide bonds. The molecule has 0 spiro atoms. The van der Waals surface area contributed by atoms with Gasteiger partial charge in [0, 0.05) is 6.04 Å². The van der Waals surface area contributed by atoms with Crippen molar-refractivity contribution in [1.29, 1.82) is 0 Å². The summed E-state index contributed by atoms with van der Waals surface area (Å²) in [6, 6.07) is 6.77. The van der Waals surface area contributed by atoms with Crippen molar-refractivity contribution in [3.05, 3.63) is 29.8 Å². The first-order valence-corrected chi connectivity index (χ1v) is 7.73. The molecule has 0 atom stereocenters. The minimum atomic E-state index is -3.43. The zero-order valence-corrected chi connectivity index (χ0v) is 11.3. The molecule has 1 fully saturated rings. The predicted molar refractivity (Wildman–Crippen MR) is 69.8 cm³/mol. The Morgan fingerprint density at radius 3 is 2.22 bits per heavy atom. The van der Waals surface area contributed by atoms with Crippen LogP contribution in [0.1, 0.15) is 31.2 Å². The second-order valence-electron chi connectivity index (χ2n) is 4.94. The first-order chi connectivity index (χ1) is 8.47. The normalized spacial score (nSPS) is 25.0. The van der Waals surface area contributed by atoms with Gasteiger partial charge >= 0.3 is 0 Å². The highest BCUT2D eigenvalue weighted by Gasteiger charge is 2.24. The lowest BCUT2D eigenvalue weighted by Gasteiger charge is -2.25. The summed E-state index contributed by atoms with van der Waals surface area (Å²) in [5.74, 6) is 0. The molecule has 0 heterocycles. The molecule has 5 heteroatoms. The summed E-state index contributed by atoms with van der Waals surface area (Å²) in [5.41, 5.74) is 1.04. The summed E-state index contributed by atoms with van der Waals surface area (Å²) in [5, 5.41) is 9.40. The molecule has 0 aliphatic heterocycles. The molecule has 18 heavy (non-hydrogen) atoms. The van der Waals surface area contributed by atoms with Crippen LogP contribution >= 0.6 is 0 Å². The van der Waals surface area contributed by atoms with E-state index in [9.17, 15) is 13.5 Å². The van der Waals surface area contributed by atoms with Crippen LogP contribution in [0.25, 0.3) is 0 Å². The Bertz CT molecular complexity index is 487. The van der Waals surface area contributed by atoms with Gasteiger partial charge in [0.1, 0.15) is 0 Å². The van der Waals surface area contributed by atoms with Crippen LogP contribution < -0.4 is 4.72 Å². The van der Waals surface area contributed by atoms with Gasteiger partial charge in [-0.3, -0.25) is 0 Å². The van der Waals surface area contributed by atoms with Gasteiger partial charge in [-0.05, 0) is 44.7 Å². The first kappa shape index (κ1) is 13.5. The summed E-state index contributed by atoms with van der Waals surface area (Å²) in [6.07, 6.45) is 2.46. The zero-order chi connectivity index (χ0) is 13.2. The maximum Gasteiger partial charge on any atom is 0.240 e. The third-order valence-corrected chi connectivity index (χ3v) is 4.89. The van der Waals surface area contributed by atoms with Crippen LogP contribution in [0, 0.1) is 6.92 Å². The van der Waals surface area contributed by atoms with Gasteiger partial charge in [0.2, 0.25) is 10.0 Å². The molecular weight excluding hydrogens is 250 g/mol. The smallest absolute Gasteiger partial charge is 0.240 e. The SMILES string of the molecule is Cc1ccc(S(=O)(=O)NC2CCC(O)CC2)cc1. The number of sulfonamides is 1. The molecule has 0 radical (unpaired) electrons. The molecule has 0 saturated heterocycles. The summed E-state index contributed by atoms with van der Waals surface area (Å²) in [4.78, 5) is 0.305. The summed E-state index contributed by atoms with van der Waals surface area (Å²) in [6.45, 7) is 1.92. The fraction of sp³-hybridized carbons (Fsp3) is 0.538. The maximum absolute atomic E-state index is 12.1. The van der Waals surface area contributed by atoms with Crippen molar-refractivity contribution in [2.75, 3.05) is 0 Å². The van der Waals surface area contributed by atoms with E-state index in [0.29, 0.717) is 30.6 Å². The monoisotopic (exact) mass is 269 g/mol. The Labute approximate surface area is 108 Å². The highest BCUT2D eigenvalue weighted by Crippen LogP contribution is 2.20. The number of aliphatic hydroxyl groups is 1. The van der Waals surface area contributed by atoms with Crippen LogP contribution in [0.15, 0.2) is 29.2 Å². The van der Waals surface area contributed by atoms with E-state index in [1.165, 1.54) is 0 Å². The minimum absolute atomic E-state index is 0.0558. The lowest BCUT2D eigenvalue weighted by atomic mass is 9.94. The van der Waals surface area contributed by atoms with Crippen LogP contribution in [0.5, 0.6) is 0 Å². The molecule has 2 rings (SSSR count). The van der Waals surface area contributed by atoms with Gasteiger partial charge in [0.05, 0.1) is 11.0 Å². The molecule has 0 aromatic heterocycles. The van der Waals surface area contributed by atoms with E-state index in [-0.39, 0.29) is 12.1 Å². The summed E-state index contributed by atoms with van der Waals surface area (Å²) < 4.78 is 27.0. The molecule has 4 nitrogen and oxygen atoms in total. The van der Waals surface area contributed by atoms with E-state index in [1.54, 1.807) is 24.3 Å². The molecule has 1 aromatic carbocycles. The second kappa shape index (κ2) is 5.38. The Morgan fingerprint density at radius 1 is 1.11 bits per heavy atom. The number of rotatable bonds is 3. The number of benzene rings is 1. The van der Waals surface area contributed by atoms with Crippen LogP contribution in [0.3, 0.4) is 0 Å². The Morgan fingerprint density at radius 2 is 1.67 bits per heavy atom. The molecule has 1 aliphatic carbocycles. The average molecular weight is 269 g/mol. The lowest BCUT2D eigenvalue weighted by Crippen LogP contribution is -2.38. The van der Waals surface area contributed by atoms with Crippen molar-refractivity contribution in [3.8, 4) is 0 Å². The van der Waals surface area contributed by atoms with Gasteiger partial charge in [0.15, 0.2) is 0 Å². The number of hydrogen-bond acceptors (Lipinski definition) is 3. The highest BCUT2D eigenvalue weighted by molar-refractivity contribution is 7.89. The van der Waals surface area contributed by atoms with Gasteiger partial charge in [-0.15, -0.1) is 0 Å². The minimum Gasteiger partial charge on any atom is -0.393 e. The topological polar surface area (TPSA) is 66.4 Å². The quantitative estimate of drug-likeness (QED) is 0.875. The number of aliphatic hydroxyl groups excluding tert-OH is 1. The van der Waals surface area contributed by atoms with Crippen LogP contribution in [-0.4, -0.2) is 25.7 Å². The molecule has 1 saturated carbocycles. The largest absolute Gasteiger partial charge is 0.393 e. The van der Waals surface area contributed by atoms with E-state index in [1.807, 2.05) is 6.92 Å². The van der Waals surface area contributed by atoms with Gasteiger partial charge in [-0.1, -0.05) is 17.7 Å². The van der Waals surface area contributed by atoms with Crippen molar-refractivity contribution in [2.45, 2.75) is 49.6 Å². The van der Waals surface area contributed by atoms with Crippen molar-refractivity contribution in [1.82, 2.24) is 4.72 Å². The molecule has 1 aromatic rings. The fourth-order valence-electron chi connectivity index (χ4n) is 2.20. The van der Waals surface area contributed by atoms with E-state index >= 15 is 0 Å². The Kier molecular flexibility index (Phi) is 4.04. The summed E-state index contributed by atoms with van der Waals surface area (Å²) in [7, 11) is -3.43. The molecule has 0 bridgehead atoms. The van der Waals surface area contributed by atoms with Crippen LogP contribution in [0.4, 0.5) is 0 Å². The van der Waals surface area contributed by atoms with Crippen LogP contribution in [0.2, 0.25) is 0 Å². The van der Waals surface area contributed by atoms with Gasteiger partial charge < -0.3 is 5.11 Å². The molecule has 1 aliphatic rings. The molecule has 2 N–H and O–H groups in total. The number of hydrogen-bond donors (Lipinski definition) is 2. The van der Waals surface area contributed by atoms with Gasteiger partial charge in [-0.2, -0.15) is 0 Å². The zero-order valence-electron chi connectivity index (χ0n) is 10.5. The lowest BCUT2D eigenvalue weighted by molar-refractivity contribution is 0.120. The first-order valence-electron chi connectivity index (χ1n) is 6.24. The highest BCUT2D eigenvalue weighted by atomic mass is 32.2. The average Bonchev–Trinajstić information content (AvgIpc) is 2.32. The van der Waals surface area contributed by atoms with E-state index < -0.39 is 10.0 Å². The van der Waals surface area contributed by atoms with Crippen molar-refractivity contribution in [3.63, 3.8) is 0 Å². The fourth-order valence-corrected chi connectivity index (χ4v) is 3.50. The molecule has 100 valence electrons. The summed E-state index contributed by atoms with van der Waals surface area (Å²) >= 11 is 0. The molecular formula is C13H19NO3S. The van der Waals surface area contributed by atoms with Crippen LogP contribution in [-0.2, 0) is 10.0 Å². The van der Waals surface area contributed by atoms with Crippen molar-refractivity contribution >= 4 is 10.0 Å². The number of nitrogens with one attached hydrogen (secondary N) is 1. The Hall–Kier alpha value is -0.910. The van der Waals surface area contributed by atoms with Gasteiger partial charge in [-0.25, -0.2) is 13.1 Å².